The Morgan fingerprint density at radius 1 is 1.33 bits per heavy atom. The molecule has 0 amide bonds. The first-order valence-electron chi connectivity index (χ1n) is 6.44. The first kappa shape index (κ1) is 12.8. The molecule has 0 bridgehead atoms. The highest BCUT2D eigenvalue weighted by molar-refractivity contribution is 5.16. The lowest BCUT2D eigenvalue weighted by molar-refractivity contribution is 0.573. The number of rotatable bonds is 6. The molecule has 96 valence electrons. The van der Waals surface area contributed by atoms with Gasteiger partial charge in [-0.2, -0.15) is 0 Å². The molecule has 2 aromatic rings. The first-order chi connectivity index (χ1) is 8.83. The molecule has 0 spiro atoms. The molecular formula is C14H20N4. The molecule has 0 radical (unpaired) electrons. The number of nitrogens with one attached hydrogen (secondary N) is 1. The van der Waals surface area contributed by atoms with Crippen LogP contribution in [-0.4, -0.2) is 21.1 Å². The highest BCUT2D eigenvalue weighted by Crippen LogP contribution is 2.18. The van der Waals surface area contributed by atoms with Gasteiger partial charge in [0.25, 0.3) is 0 Å². The van der Waals surface area contributed by atoms with Crippen LogP contribution in [0.4, 0.5) is 0 Å². The van der Waals surface area contributed by atoms with Crippen LogP contribution in [0.25, 0.3) is 0 Å². The van der Waals surface area contributed by atoms with E-state index in [1.165, 1.54) is 11.3 Å². The minimum atomic E-state index is 0.264. The van der Waals surface area contributed by atoms with Crippen LogP contribution in [0.1, 0.15) is 37.6 Å². The molecule has 1 N–H and O–H groups in total. The Labute approximate surface area is 108 Å². The Hall–Kier alpha value is -1.68. The van der Waals surface area contributed by atoms with Gasteiger partial charge in [0, 0.05) is 25.1 Å². The molecule has 0 saturated heterocycles. The predicted molar refractivity (Wildman–Crippen MR) is 72.3 cm³/mol. The second-order valence-electron chi connectivity index (χ2n) is 4.43. The molecule has 0 saturated carbocycles. The third-order valence-corrected chi connectivity index (χ3v) is 3.06. The van der Waals surface area contributed by atoms with Gasteiger partial charge in [0.15, 0.2) is 0 Å². The Balaban J connectivity index is 2.11. The SMILES string of the molecule is CCCNCc1cncn1C(C)c1cccnc1. The van der Waals surface area contributed by atoms with Crippen molar-refractivity contribution in [1.29, 1.82) is 0 Å². The molecule has 4 heteroatoms. The van der Waals surface area contributed by atoms with E-state index in [0.29, 0.717) is 0 Å². The maximum Gasteiger partial charge on any atom is 0.0954 e. The molecule has 1 atom stereocenters. The topological polar surface area (TPSA) is 42.7 Å². The summed E-state index contributed by atoms with van der Waals surface area (Å²) in [6, 6.07) is 4.33. The standard InChI is InChI=1S/C14H20N4/c1-3-6-15-9-14-10-17-11-18(14)12(2)13-5-4-7-16-8-13/h4-5,7-8,10-12,15H,3,6,9H2,1-2H3. The second-order valence-corrected chi connectivity index (χ2v) is 4.43. The van der Waals surface area contributed by atoms with Gasteiger partial charge in [0.1, 0.15) is 0 Å². The fourth-order valence-corrected chi connectivity index (χ4v) is 1.99. The summed E-state index contributed by atoms with van der Waals surface area (Å²) in [4.78, 5) is 8.42. The summed E-state index contributed by atoms with van der Waals surface area (Å²) in [7, 11) is 0. The molecule has 0 fully saturated rings. The van der Waals surface area contributed by atoms with Crippen molar-refractivity contribution in [2.24, 2.45) is 0 Å². The fourth-order valence-electron chi connectivity index (χ4n) is 1.99. The molecule has 2 heterocycles. The van der Waals surface area contributed by atoms with Crippen LogP contribution >= 0.6 is 0 Å². The largest absolute Gasteiger partial charge is 0.326 e. The molecule has 4 nitrogen and oxygen atoms in total. The maximum atomic E-state index is 4.25. The summed E-state index contributed by atoms with van der Waals surface area (Å²) in [5, 5.41) is 3.41. The summed E-state index contributed by atoms with van der Waals surface area (Å²) in [5.41, 5.74) is 2.41. The number of nitrogens with zero attached hydrogens (tertiary/aromatic N) is 3. The van der Waals surface area contributed by atoms with E-state index in [1.807, 2.05) is 24.8 Å². The van der Waals surface area contributed by atoms with Crippen LogP contribution < -0.4 is 5.32 Å². The van der Waals surface area contributed by atoms with Crippen molar-refractivity contribution in [2.75, 3.05) is 6.54 Å². The molecule has 2 rings (SSSR count). The van der Waals surface area contributed by atoms with Crippen LogP contribution in [0, 0.1) is 0 Å². The Morgan fingerprint density at radius 2 is 2.22 bits per heavy atom. The lowest BCUT2D eigenvalue weighted by Gasteiger charge is -2.16. The van der Waals surface area contributed by atoms with Gasteiger partial charge in [0.2, 0.25) is 0 Å². The van der Waals surface area contributed by atoms with Crippen molar-refractivity contribution in [2.45, 2.75) is 32.9 Å². The van der Waals surface area contributed by atoms with Gasteiger partial charge >= 0.3 is 0 Å². The number of hydrogen-bond acceptors (Lipinski definition) is 3. The van der Waals surface area contributed by atoms with E-state index < -0.39 is 0 Å². The van der Waals surface area contributed by atoms with Gasteiger partial charge in [-0.1, -0.05) is 13.0 Å². The Morgan fingerprint density at radius 3 is 2.94 bits per heavy atom. The van der Waals surface area contributed by atoms with E-state index >= 15 is 0 Å². The predicted octanol–water partition coefficient (Wildman–Crippen LogP) is 2.39. The molecule has 0 aliphatic rings. The number of pyridine rings is 1. The number of hydrogen-bond donors (Lipinski definition) is 1. The van der Waals surface area contributed by atoms with Gasteiger partial charge in [0.05, 0.1) is 18.1 Å². The van der Waals surface area contributed by atoms with Gasteiger partial charge < -0.3 is 9.88 Å². The first-order valence-corrected chi connectivity index (χ1v) is 6.44. The van der Waals surface area contributed by atoms with Crippen molar-refractivity contribution in [1.82, 2.24) is 19.9 Å². The Bertz CT molecular complexity index is 464. The van der Waals surface area contributed by atoms with Crippen molar-refractivity contribution >= 4 is 0 Å². The average Bonchev–Trinajstić information content (AvgIpc) is 2.88. The van der Waals surface area contributed by atoms with Crippen LogP contribution in [0.5, 0.6) is 0 Å². The van der Waals surface area contributed by atoms with Crippen LogP contribution in [-0.2, 0) is 6.54 Å². The van der Waals surface area contributed by atoms with E-state index in [1.54, 1.807) is 6.20 Å². The van der Waals surface area contributed by atoms with Crippen LogP contribution in [0.2, 0.25) is 0 Å². The lowest BCUT2D eigenvalue weighted by Crippen LogP contribution is -2.18. The highest BCUT2D eigenvalue weighted by atomic mass is 15.1. The summed E-state index contributed by atoms with van der Waals surface area (Å²) in [5.74, 6) is 0. The molecule has 1 unspecified atom stereocenters. The third kappa shape index (κ3) is 2.96. The van der Waals surface area contributed by atoms with E-state index in [4.69, 9.17) is 0 Å². The van der Waals surface area contributed by atoms with Crippen molar-refractivity contribution in [3.63, 3.8) is 0 Å². The minimum Gasteiger partial charge on any atom is -0.326 e. The minimum absolute atomic E-state index is 0.264. The quantitative estimate of drug-likeness (QED) is 0.793. The fraction of sp³-hybridized carbons (Fsp3) is 0.429. The number of imidazole rings is 1. The molecule has 0 aromatic carbocycles. The Kier molecular flexibility index (Phi) is 4.47. The highest BCUT2D eigenvalue weighted by Gasteiger charge is 2.11. The second kappa shape index (κ2) is 6.31. The van der Waals surface area contributed by atoms with Crippen LogP contribution in [0.3, 0.4) is 0 Å². The maximum absolute atomic E-state index is 4.25. The zero-order valence-electron chi connectivity index (χ0n) is 11.0. The van der Waals surface area contributed by atoms with Crippen LogP contribution in [0.15, 0.2) is 37.1 Å². The van der Waals surface area contributed by atoms with E-state index in [9.17, 15) is 0 Å². The summed E-state index contributed by atoms with van der Waals surface area (Å²) >= 11 is 0. The summed E-state index contributed by atoms with van der Waals surface area (Å²) in [6.07, 6.45) is 8.67. The third-order valence-electron chi connectivity index (χ3n) is 3.06. The van der Waals surface area contributed by atoms with E-state index in [0.717, 1.165) is 19.5 Å². The molecular weight excluding hydrogens is 224 g/mol. The molecule has 2 aromatic heterocycles. The molecule has 0 aliphatic carbocycles. The normalized spacial score (nSPS) is 12.6. The van der Waals surface area contributed by atoms with Gasteiger partial charge in [-0.05, 0) is 31.5 Å². The smallest absolute Gasteiger partial charge is 0.0954 e. The van der Waals surface area contributed by atoms with Gasteiger partial charge in [-0.15, -0.1) is 0 Å². The molecule has 18 heavy (non-hydrogen) atoms. The zero-order chi connectivity index (χ0) is 12.8. The van der Waals surface area contributed by atoms with Gasteiger partial charge in [-0.25, -0.2) is 4.98 Å². The zero-order valence-corrected chi connectivity index (χ0v) is 11.0. The van der Waals surface area contributed by atoms with Crippen molar-refractivity contribution < 1.29 is 0 Å². The van der Waals surface area contributed by atoms with Gasteiger partial charge in [-0.3, -0.25) is 4.98 Å². The average molecular weight is 244 g/mol. The number of aromatic nitrogens is 3. The van der Waals surface area contributed by atoms with E-state index in [-0.39, 0.29) is 6.04 Å². The van der Waals surface area contributed by atoms with E-state index in [2.05, 4.69) is 39.8 Å². The molecule has 0 aliphatic heterocycles. The summed E-state index contributed by atoms with van der Waals surface area (Å²) < 4.78 is 2.19. The lowest BCUT2D eigenvalue weighted by atomic mass is 10.1. The van der Waals surface area contributed by atoms with Crippen molar-refractivity contribution in [3.8, 4) is 0 Å². The monoisotopic (exact) mass is 244 g/mol. The van der Waals surface area contributed by atoms with Crippen molar-refractivity contribution in [3.05, 3.63) is 48.3 Å². The summed E-state index contributed by atoms with van der Waals surface area (Å²) in [6.45, 7) is 6.23.